The standard InChI is InChI=1S/C28H28ClN5O3S/c1-19-11-14-24(15-12-19)38(36,37)33(26-16-20(2)10-13-21(26)3)18-27(35)31-30-17-25-22(4)34(32-28(25)29)23-8-6-5-7-9-23/h5-17H,18H2,1-4H3,(H,31,35)/b30-17-. The van der Waals surface area contributed by atoms with Gasteiger partial charge in [0.1, 0.15) is 6.54 Å². The molecule has 0 saturated heterocycles. The quantitative estimate of drug-likeness (QED) is 0.244. The summed E-state index contributed by atoms with van der Waals surface area (Å²) in [6.45, 7) is 6.92. The summed E-state index contributed by atoms with van der Waals surface area (Å²) in [4.78, 5) is 13.1. The Bertz CT molecular complexity index is 1600. The predicted molar refractivity (Wildman–Crippen MR) is 151 cm³/mol. The van der Waals surface area contributed by atoms with E-state index in [0.717, 1.165) is 32.4 Å². The summed E-state index contributed by atoms with van der Waals surface area (Å²) in [5.41, 5.74) is 7.48. The number of para-hydroxylation sites is 1. The molecular weight excluding hydrogens is 522 g/mol. The van der Waals surface area contributed by atoms with Crippen LogP contribution >= 0.6 is 11.6 Å². The van der Waals surface area contributed by atoms with Gasteiger partial charge in [0.15, 0.2) is 5.15 Å². The van der Waals surface area contributed by atoms with Gasteiger partial charge in [-0.2, -0.15) is 10.2 Å². The molecule has 4 rings (SSSR count). The number of nitrogens with one attached hydrogen (secondary N) is 1. The predicted octanol–water partition coefficient (Wildman–Crippen LogP) is 5.10. The zero-order chi connectivity index (χ0) is 27.4. The van der Waals surface area contributed by atoms with E-state index >= 15 is 0 Å². The van der Waals surface area contributed by atoms with Crippen LogP contribution in [0.5, 0.6) is 0 Å². The number of halogens is 1. The van der Waals surface area contributed by atoms with Gasteiger partial charge in [0, 0.05) is 0 Å². The van der Waals surface area contributed by atoms with Gasteiger partial charge in [-0.1, -0.05) is 59.6 Å². The highest BCUT2D eigenvalue weighted by atomic mass is 35.5. The van der Waals surface area contributed by atoms with Crippen molar-refractivity contribution in [2.24, 2.45) is 5.10 Å². The second-order valence-electron chi connectivity index (χ2n) is 8.95. The number of carbonyl (C=O) groups excluding carboxylic acids is 1. The minimum atomic E-state index is -4.04. The van der Waals surface area contributed by atoms with Crippen LogP contribution in [-0.2, 0) is 14.8 Å². The number of nitrogens with zero attached hydrogens (tertiary/aromatic N) is 4. The van der Waals surface area contributed by atoms with Crippen molar-refractivity contribution in [3.8, 4) is 5.69 Å². The van der Waals surface area contributed by atoms with Gasteiger partial charge >= 0.3 is 0 Å². The molecule has 0 aliphatic heterocycles. The number of hydrogen-bond acceptors (Lipinski definition) is 5. The SMILES string of the molecule is Cc1ccc(S(=O)(=O)N(CC(=O)N/N=C\c2c(Cl)nn(-c3ccccc3)c2C)c2cc(C)ccc2C)cc1. The number of carbonyl (C=O) groups is 1. The molecule has 8 nitrogen and oxygen atoms in total. The monoisotopic (exact) mass is 549 g/mol. The molecule has 0 aliphatic carbocycles. The van der Waals surface area contributed by atoms with Crippen molar-refractivity contribution in [2.45, 2.75) is 32.6 Å². The second kappa shape index (κ2) is 11.2. The lowest BCUT2D eigenvalue weighted by Gasteiger charge is -2.25. The maximum atomic E-state index is 13.6. The van der Waals surface area contributed by atoms with E-state index in [9.17, 15) is 13.2 Å². The Kier molecular flexibility index (Phi) is 7.99. The topological polar surface area (TPSA) is 96.7 Å². The maximum absolute atomic E-state index is 13.6. The molecule has 1 amide bonds. The molecule has 0 aliphatic rings. The number of aryl methyl sites for hydroxylation is 3. The highest BCUT2D eigenvalue weighted by molar-refractivity contribution is 7.92. The molecule has 10 heteroatoms. The normalized spacial score (nSPS) is 11.6. The number of sulfonamides is 1. The van der Waals surface area contributed by atoms with Crippen molar-refractivity contribution in [1.29, 1.82) is 0 Å². The van der Waals surface area contributed by atoms with Crippen LogP contribution in [0.4, 0.5) is 5.69 Å². The van der Waals surface area contributed by atoms with Gasteiger partial charge in [0.2, 0.25) is 0 Å². The minimum Gasteiger partial charge on any atom is -0.271 e. The molecule has 0 unspecified atom stereocenters. The molecule has 3 aromatic carbocycles. The van der Waals surface area contributed by atoms with Crippen molar-refractivity contribution in [1.82, 2.24) is 15.2 Å². The first-order valence-electron chi connectivity index (χ1n) is 11.9. The fraction of sp³-hybridized carbons (Fsp3) is 0.179. The first kappa shape index (κ1) is 27.1. The fourth-order valence-electron chi connectivity index (χ4n) is 3.91. The van der Waals surface area contributed by atoms with Crippen molar-refractivity contribution in [3.63, 3.8) is 0 Å². The van der Waals surface area contributed by atoms with Crippen molar-refractivity contribution in [3.05, 3.63) is 106 Å². The van der Waals surface area contributed by atoms with Gasteiger partial charge in [-0.05, 0) is 69.2 Å². The molecule has 0 radical (unpaired) electrons. The third-order valence-electron chi connectivity index (χ3n) is 6.03. The molecule has 0 bridgehead atoms. The van der Waals surface area contributed by atoms with E-state index < -0.39 is 22.5 Å². The van der Waals surface area contributed by atoms with Gasteiger partial charge < -0.3 is 0 Å². The number of aromatic nitrogens is 2. The molecule has 0 atom stereocenters. The lowest BCUT2D eigenvalue weighted by atomic mass is 10.1. The van der Waals surface area contributed by atoms with E-state index in [1.807, 2.05) is 63.2 Å². The molecule has 196 valence electrons. The van der Waals surface area contributed by atoms with E-state index in [1.165, 1.54) is 18.3 Å². The molecule has 1 heterocycles. The summed E-state index contributed by atoms with van der Waals surface area (Å²) in [7, 11) is -4.04. The zero-order valence-corrected chi connectivity index (χ0v) is 23.1. The highest BCUT2D eigenvalue weighted by Crippen LogP contribution is 2.28. The zero-order valence-electron chi connectivity index (χ0n) is 21.5. The van der Waals surface area contributed by atoms with Crippen LogP contribution in [0, 0.1) is 27.7 Å². The summed E-state index contributed by atoms with van der Waals surface area (Å²) in [6, 6.07) is 21.5. The van der Waals surface area contributed by atoms with Crippen molar-refractivity contribution >= 4 is 39.4 Å². The largest absolute Gasteiger partial charge is 0.271 e. The number of rotatable bonds is 8. The maximum Gasteiger partial charge on any atom is 0.264 e. The number of benzene rings is 3. The number of hydrazone groups is 1. The molecule has 1 N–H and O–H groups in total. The molecule has 0 saturated carbocycles. The average molecular weight is 550 g/mol. The van der Waals surface area contributed by atoms with Gasteiger partial charge in [-0.25, -0.2) is 18.5 Å². The van der Waals surface area contributed by atoms with E-state index in [2.05, 4.69) is 15.6 Å². The Hall–Kier alpha value is -3.95. The third-order valence-corrected chi connectivity index (χ3v) is 8.08. The van der Waals surface area contributed by atoms with Crippen molar-refractivity contribution in [2.75, 3.05) is 10.8 Å². The summed E-state index contributed by atoms with van der Waals surface area (Å²) < 4.78 is 30.1. The van der Waals surface area contributed by atoms with Crippen LogP contribution in [0.15, 0.2) is 82.8 Å². The Morgan fingerprint density at radius 3 is 2.34 bits per heavy atom. The Balaban J connectivity index is 1.59. The molecule has 1 aromatic heterocycles. The third kappa shape index (κ3) is 5.79. The fourth-order valence-corrected chi connectivity index (χ4v) is 5.65. The highest BCUT2D eigenvalue weighted by Gasteiger charge is 2.28. The van der Waals surface area contributed by atoms with Crippen LogP contribution in [0.3, 0.4) is 0 Å². The molecule has 0 spiro atoms. The lowest BCUT2D eigenvalue weighted by Crippen LogP contribution is -2.40. The molecule has 0 fully saturated rings. The van der Waals surface area contributed by atoms with Crippen LogP contribution in [-0.4, -0.2) is 36.9 Å². The second-order valence-corrected chi connectivity index (χ2v) is 11.2. The van der Waals surface area contributed by atoms with Gasteiger partial charge in [0.25, 0.3) is 15.9 Å². The number of hydrogen-bond donors (Lipinski definition) is 1. The number of amides is 1. The Morgan fingerprint density at radius 2 is 1.66 bits per heavy atom. The Morgan fingerprint density at radius 1 is 1.00 bits per heavy atom. The van der Waals surface area contributed by atoms with E-state index in [-0.39, 0.29) is 10.0 Å². The van der Waals surface area contributed by atoms with E-state index in [4.69, 9.17) is 11.6 Å². The summed E-state index contributed by atoms with van der Waals surface area (Å²) in [5, 5.41) is 8.61. The lowest BCUT2D eigenvalue weighted by molar-refractivity contribution is -0.119. The van der Waals surface area contributed by atoms with E-state index in [1.54, 1.807) is 29.8 Å². The van der Waals surface area contributed by atoms with Gasteiger partial charge in [0.05, 0.1) is 33.7 Å². The molecule has 38 heavy (non-hydrogen) atoms. The first-order chi connectivity index (χ1) is 18.1. The van der Waals surface area contributed by atoms with Crippen LogP contribution in [0.1, 0.15) is 27.9 Å². The summed E-state index contributed by atoms with van der Waals surface area (Å²) in [5.74, 6) is -0.609. The van der Waals surface area contributed by atoms with Gasteiger partial charge in [-0.15, -0.1) is 0 Å². The Labute approximate surface area is 227 Å². The molecule has 4 aromatic rings. The van der Waals surface area contributed by atoms with Crippen LogP contribution in [0.25, 0.3) is 5.69 Å². The van der Waals surface area contributed by atoms with E-state index in [0.29, 0.717) is 11.3 Å². The van der Waals surface area contributed by atoms with Gasteiger partial charge in [-0.3, -0.25) is 9.10 Å². The van der Waals surface area contributed by atoms with Crippen molar-refractivity contribution < 1.29 is 13.2 Å². The summed E-state index contributed by atoms with van der Waals surface area (Å²) in [6.07, 6.45) is 1.40. The minimum absolute atomic E-state index is 0.0936. The average Bonchev–Trinajstić information content (AvgIpc) is 3.18. The number of anilines is 1. The summed E-state index contributed by atoms with van der Waals surface area (Å²) >= 11 is 6.33. The molecular formula is C28H28ClN5O3S. The van der Waals surface area contributed by atoms with Crippen LogP contribution in [0.2, 0.25) is 5.15 Å². The van der Waals surface area contributed by atoms with Crippen LogP contribution < -0.4 is 9.73 Å². The first-order valence-corrected chi connectivity index (χ1v) is 13.7. The smallest absolute Gasteiger partial charge is 0.264 e.